The number of nitrogens with zero attached hydrogens (tertiary/aromatic N) is 2. The van der Waals surface area contributed by atoms with Crippen LogP contribution in [0.1, 0.15) is 0 Å². The van der Waals surface area contributed by atoms with Crippen LogP contribution in [-0.2, 0) is 0 Å². The SMILES string of the molecule is c1ccc(-n2c3ccc(N(c4ccc5ccc6ccccc6c5c4)c4cccc5sc6cc7ccccc7cc6c45)cc3c3cc4ccccc4cc32)cc1. The lowest BCUT2D eigenvalue weighted by Gasteiger charge is -2.27. The van der Waals surface area contributed by atoms with Gasteiger partial charge in [-0.3, -0.25) is 0 Å². The quantitative estimate of drug-likeness (QED) is 0.165. The minimum absolute atomic E-state index is 1.12. The Morgan fingerprint density at radius 1 is 0.345 bits per heavy atom. The Morgan fingerprint density at radius 3 is 1.71 bits per heavy atom. The smallest absolute Gasteiger partial charge is 0.0554 e. The minimum atomic E-state index is 1.12. The topological polar surface area (TPSA) is 8.17 Å². The molecule has 0 fully saturated rings. The zero-order chi connectivity index (χ0) is 36.0. The summed E-state index contributed by atoms with van der Waals surface area (Å²) < 4.78 is 5.01. The Hall–Kier alpha value is -6.94. The summed E-state index contributed by atoms with van der Waals surface area (Å²) in [5, 5.41) is 15.1. The molecule has 3 heteroatoms. The molecule has 0 aliphatic heterocycles. The average molecular weight is 717 g/mol. The summed E-state index contributed by atoms with van der Waals surface area (Å²) in [5.41, 5.74) is 6.99. The van der Waals surface area contributed by atoms with Gasteiger partial charge in [-0.1, -0.05) is 115 Å². The van der Waals surface area contributed by atoms with Crippen molar-refractivity contribution in [3.05, 3.63) is 194 Å². The molecular formula is C52H32N2S. The number of rotatable bonds is 4. The molecule has 0 atom stereocenters. The van der Waals surface area contributed by atoms with Crippen molar-refractivity contribution in [1.29, 1.82) is 0 Å². The molecule has 0 bridgehead atoms. The third-order valence-corrected chi connectivity index (χ3v) is 12.6. The van der Waals surface area contributed by atoms with Crippen LogP contribution in [0.5, 0.6) is 0 Å². The van der Waals surface area contributed by atoms with E-state index in [2.05, 4.69) is 204 Å². The van der Waals surface area contributed by atoms with Crippen LogP contribution in [0.3, 0.4) is 0 Å². The molecule has 0 N–H and O–H groups in total. The molecule has 0 radical (unpaired) electrons. The molecule has 0 aliphatic rings. The highest BCUT2D eigenvalue weighted by atomic mass is 32.1. The fourth-order valence-corrected chi connectivity index (χ4v) is 10.1. The zero-order valence-electron chi connectivity index (χ0n) is 29.8. The van der Waals surface area contributed by atoms with Gasteiger partial charge in [-0.2, -0.15) is 0 Å². The van der Waals surface area contributed by atoms with Gasteiger partial charge in [-0.25, -0.2) is 0 Å². The fourth-order valence-electron chi connectivity index (χ4n) is 8.92. The molecule has 0 amide bonds. The van der Waals surface area contributed by atoms with E-state index in [-0.39, 0.29) is 0 Å². The molecule has 2 aromatic heterocycles. The van der Waals surface area contributed by atoms with Crippen LogP contribution in [-0.4, -0.2) is 4.57 Å². The second-order valence-corrected chi connectivity index (χ2v) is 15.6. The summed E-state index contributed by atoms with van der Waals surface area (Å²) in [7, 11) is 0. The number of aromatic nitrogens is 1. The van der Waals surface area contributed by atoms with E-state index < -0.39 is 0 Å². The average Bonchev–Trinajstić information content (AvgIpc) is 3.77. The van der Waals surface area contributed by atoms with Crippen LogP contribution in [0.2, 0.25) is 0 Å². The summed E-state index contributed by atoms with van der Waals surface area (Å²) >= 11 is 1.88. The summed E-state index contributed by atoms with van der Waals surface area (Å²) in [4.78, 5) is 2.50. The van der Waals surface area contributed by atoms with Gasteiger partial charge in [0.05, 0.1) is 16.7 Å². The molecule has 55 heavy (non-hydrogen) atoms. The van der Waals surface area contributed by atoms with Crippen LogP contribution in [0.25, 0.3) is 90.8 Å². The lowest BCUT2D eigenvalue weighted by Crippen LogP contribution is -2.10. The van der Waals surface area contributed by atoms with Crippen molar-refractivity contribution < 1.29 is 0 Å². The van der Waals surface area contributed by atoms with Gasteiger partial charge < -0.3 is 9.47 Å². The van der Waals surface area contributed by atoms with Crippen LogP contribution in [0.15, 0.2) is 194 Å². The van der Waals surface area contributed by atoms with E-state index in [9.17, 15) is 0 Å². The maximum absolute atomic E-state index is 2.50. The minimum Gasteiger partial charge on any atom is -0.310 e. The molecule has 10 aromatic carbocycles. The Labute approximate surface area is 321 Å². The highest BCUT2D eigenvalue weighted by Crippen LogP contribution is 2.47. The van der Waals surface area contributed by atoms with E-state index in [1.807, 2.05) is 11.3 Å². The molecular weight excluding hydrogens is 685 g/mol. The molecule has 0 aliphatic carbocycles. The van der Waals surface area contributed by atoms with Gasteiger partial charge in [0.2, 0.25) is 0 Å². The van der Waals surface area contributed by atoms with E-state index in [1.54, 1.807) is 0 Å². The van der Waals surface area contributed by atoms with Crippen LogP contribution in [0.4, 0.5) is 17.1 Å². The molecule has 0 saturated carbocycles. The molecule has 0 unspecified atom stereocenters. The Kier molecular flexibility index (Phi) is 6.54. The summed E-state index contributed by atoms with van der Waals surface area (Å²) in [5.74, 6) is 0. The predicted octanol–water partition coefficient (Wildman–Crippen LogP) is 15.2. The first kappa shape index (κ1) is 30.5. The fraction of sp³-hybridized carbons (Fsp3) is 0. The Morgan fingerprint density at radius 2 is 0.927 bits per heavy atom. The first-order valence-electron chi connectivity index (χ1n) is 18.8. The van der Waals surface area contributed by atoms with E-state index in [0.717, 1.165) is 17.1 Å². The van der Waals surface area contributed by atoms with Crippen molar-refractivity contribution in [3.8, 4) is 5.69 Å². The summed E-state index contributed by atoms with van der Waals surface area (Å²) in [6.45, 7) is 0. The van der Waals surface area contributed by atoms with Gasteiger partial charge in [0.1, 0.15) is 0 Å². The van der Waals surface area contributed by atoms with Crippen molar-refractivity contribution in [2.24, 2.45) is 0 Å². The lowest BCUT2D eigenvalue weighted by molar-refractivity contribution is 1.18. The third-order valence-electron chi connectivity index (χ3n) is 11.5. The van der Waals surface area contributed by atoms with Gasteiger partial charge in [0, 0.05) is 48.0 Å². The molecule has 2 nitrogen and oxygen atoms in total. The highest BCUT2D eigenvalue weighted by molar-refractivity contribution is 7.26. The summed E-state index contributed by atoms with van der Waals surface area (Å²) in [6, 6.07) is 71.7. The van der Waals surface area contributed by atoms with Gasteiger partial charge >= 0.3 is 0 Å². The largest absolute Gasteiger partial charge is 0.310 e. The lowest BCUT2D eigenvalue weighted by atomic mass is 10.00. The van der Waals surface area contributed by atoms with Crippen molar-refractivity contribution in [3.63, 3.8) is 0 Å². The van der Waals surface area contributed by atoms with Gasteiger partial charge in [-0.05, 0) is 122 Å². The second kappa shape index (κ2) is 11.8. The van der Waals surface area contributed by atoms with E-state index in [1.165, 1.54) is 90.8 Å². The number of para-hydroxylation sites is 1. The second-order valence-electron chi connectivity index (χ2n) is 14.6. The number of thiophene rings is 1. The van der Waals surface area contributed by atoms with Crippen molar-refractivity contribution in [1.82, 2.24) is 4.57 Å². The normalized spacial score (nSPS) is 12.0. The highest BCUT2D eigenvalue weighted by Gasteiger charge is 2.22. The van der Waals surface area contributed by atoms with Crippen LogP contribution < -0.4 is 4.90 Å². The number of anilines is 3. The van der Waals surface area contributed by atoms with Gasteiger partial charge in [0.15, 0.2) is 0 Å². The summed E-state index contributed by atoms with van der Waals surface area (Å²) in [6.07, 6.45) is 0. The van der Waals surface area contributed by atoms with E-state index >= 15 is 0 Å². The molecule has 0 saturated heterocycles. The molecule has 256 valence electrons. The predicted molar refractivity (Wildman–Crippen MR) is 238 cm³/mol. The van der Waals surface area contributed by atoms with E-state index in [0.29, 0.717) is 0 Å². The molecule has 12 rings (SSSR count). The van der Waals surface area contributed by atoms with Crippen LogP contribution >= 0.6 is 11.3 Å². The third kappa shape index (κ3) is 4.67. The monoisotopic (exact) mass is 716 g/mol. The number of benzene rings is 10. The maximum Gasteiger partial charge on any atom is 0.0554 e. The molecule has 0 spiro atoms. The van der Waals surface area contributed by atoms with Gasteiger partial charge in [-0.15, -0.1) is 11.3 Å². The molecule has 2 heterocycles. The van der Waals surface area contributed by atoms with Crippen molar-refractivity contribution in [2.45, 2.75) is 0 Å². The Balaban J connectivity index is 1.18. The number of hydrogen-bond acceptors (Lipinski definition) is 2. The molecule has 12 aromatic rings. The zero-order valence-corrected chi connectivity index (χ0v) is 30.6. The Bertz CT molecular complexity index is 3500. The first-order valence-corrected chi connectivity index (χ1v) is 19.6. The van der Waals surface area contributed by atoms with E-state index in [4.69, 9.17) is 0 Å². The van der Waals surface area contributed by atoms with Gasteiger partial charge in [0.25, 0.3) is 0 Å². The standard InChI is InChI=1S/C52H32N2S/c1-2-16-39(17-3-1)54-47-26-25-41(32-45(47)44-27-35-12-4-6-14-37(35)29-49(44)54)53(40-24-23-34-22-21-33-11-8-9-18-42(33)43(34)31-40)48-19-10-20-50-52(48)46-28-36-13-5-7-15-38(36)30-51(46)55-50/h1-32H. The number of fused-ring (bicyclic) bond motifs is 11. The first-order chi connectivity index (χ1) is 27.2. The van der Waals surface area contributed by atoms with Crippen molar-refractivity contribution >= 4 is 113 Å². The van der Waals surface area contributed by atoms with Crippen LogP contribution in [0, 0.1) is 0 Å². The maximum atomic E-state index is 2.50. The number of hydrogen-bond donors (Lipinski definition) is 0. The van der Waals surface area contributed by atoms with Crippen molar-refractivity contribution in [2.75, 3.05) is 4.90 Å².